The van der Waals surface area contributed by atoms with E-state index >= 15 is 0 Å². The number of aliphatic carboxylic acids is 1. The summed E-state index contributed by atoms with van der Waals surface area (Å²) in [5, 5.41) is 11.9. The van der Waals surface area contributed by atoms with E-state index < -0.39 is 24.5 Å². The van der Waals surface area contributed by atoms with Gasteiger partial charge in [-0.25, -0.2) is 0 Å². The number of benzene rings is 1. The molecule has 2 aromatic rings. The number of hydrogen-bond donors (Lipinski definition) is 3. The Balaban J connectivity index is 2.05. The summed E-state index contributed by atoms with van der Waals surface area (Å²) in [5.74, 6) is -1.25. The van der Waals surface area contributed by atoms with Gasteiger partial charge < -0.3 is 15.3 Å². The maximum atomic E-state index is 13.0. The maximum Gasteiger partial charge on any atom is 0.323 e. The first kappa shape index (κ1) is 23.4. The molecule has 0 saturated carbocycles. The fourth-order valence-corrected chi connectivity index (χ4v) is 3.56. The van der Waals surface area contributed by atoms with E-state index in [4.69, 9.17) is 5.11 Å². The first-order valence-corrected chi connectivity index (χ1v) is 10.6. The number of carboxylic acid groups (broad SMARTS) is 1. The topological polar surface area (TPSA) is 112 Å². The van der Waals surface area contributed by atoms with Crippen molar-refractivity contribution in [2.24, 2.45) is 0 Å². The van der Waals surface area contributed by atoms with Gasteiger partial charge in [-0.3, -0.25) is 24.1 Å². The SMILES string of the molecule is CCCN(CC(=O)O)C(=O)C(CC(=O)Nc1ccncc1)NSCc1ccccc1. The third kappa shape index (κ3) is 8.22. The Bertz CT molecular complexity index is 820. The van der Waals surface area contributed by atoms with Gasteiger partial charge >= 0.3 is 5.97 Å². The highest BCUT2D eigenvalue weighted by Gasteiger charge is 2.27. The second-order valence-corrected chi connectivity index (χ2v) is 7.40. The van der Waals surface area contributed by atoms with E-state index in [1.54, 1.807) is 24.5 Å². The van der Waals surface area contributed by atoms with Crippen molar-refractivity contribution in [1.82, 2.24) is 14.6 Å². The lowest BCUT2D eigenvalue weighted by atomic mass is 10.1. The van der Waals surface area contributed by atoms with Gasteiger partial charge in [0.15, 0.2) is 0 Å². The van der Waals surface area contributed by atoms with Gasteiger partial charge in [-0.2, -0.15) is 0 Å². The maximum absolute atomic E-state index is 13.0. The fourth-order valence-electron chi connectivity index (χ4n) is 2.73. The van der Waals surface area contributed by atoms with Crippen LogP contribution >= 0.6 is 11.9 Å². The molecule has 8 nitrogen and oxygen atoms in total. The van der Waals surface area contributed by atoms with Gasteiger partial charge in [0, 0.05) is 30.4 Å². The Morgan fingerprint density at radius 3 is 2.47 bits per heavy atom. The first-order chi connectivity index (χ1) is 14.5. The minimum atomic E-state index is -1.09. The van der Waals surface area contributed by atoms with E-state index in [1.807, 2.05) is 37.3 Å². The Morgan fingerprint density at radius 2 is 1.83 bits per heavy atom. The summed E-state index contributed by atoms with van der Waals surface area (Å²) in [6.45, 7) is 1.77. The normalized spacial score (nSPS) is 11.5. The van der Waals surface area contributed by atoms with Crippen LogP contribution in [0, 0.1) is 0 Å². The van der Waals surface area contributed by atoms with Gasteiger partial charge in [0.1, 0.15) is 12.6 Å². The minimum Gasteiger partial charge on any atom is -0.480 e. The number of carbonyl (C=O) groups is 3. The standard InChI is InChI=1S/C21H26N4O4S/c1-2-12-25(14-20(27)28)21(29)18(24-30-15-16-6-4-3-5-7-16)13-19(26)23-17-8-10-22-11-9-17/h3-11,18,24H,2,12-15H2,1H3,(H,27,28)(H,22,23,26). The van der Waals surface area contributed by atoms with Crippen molar-refractivity contribution >= 4 is 35.4 Å². The molecule has 0 fully saturated rings. The van der Waals surface area contributed by atoms with Crippen molar-refractivity contribution in [3.05, 3.63) is 60.4 Å². The molecule has 160 valence electrons. The molecule has 9 heteroatoms. The van der Waals surface area contributed by atoms with Crippen LogP contribution in [0.3, 0.4) is 0 Å². The van der Waals surface area contributed by atoms with Crippen molar-refractivity contribution in [1.29, 1.82) is 0 Å². The predicted molar refractivity (Wildman–Crippen MR) is 117 cm³/mol. The summed E-state index contributed by atoms with van der Waals surface area (Å²) in [6, 6.07) is 12.2. The minimum absolute atomic E-state index is 0.122. The van der Waals surface area contributed by atoms with E-state index in [0.717, 1.165) is 5.56 Å². The third-order valence-corrected chi connectivity index (χ3v) is 5.02. The largest absolute Gasteiger partial charge is 0.480 e. The number of carbonyl (C=O) groups excluding carboxylic acids is 2. The van der Waals surface area contributed by atoms with Gasteiger partial charge in [0.05, 0.1) is 6.42 Å². The van der Waals surface area contributed by atoms with Crippen molar-refractivity contribution in [3.63, 3.8) is 0 Å². The number of carboxylic acids is 1. The number of nitrogens with one attached hydrogen (secondary N) is 2. The molecular weight excluding hydrogens is 404 g/mol. The summed E-state index contributed by atoms with van der Waals surface area (Å²) < 4.78 is 3.06. The van der Waals surface area contributed by atoms with E-state index in [2.05, 4.69) is 15.0 Å². The molecule has 0 saturated heterocycles. The molecule has 0 bridgehead atoms. The van der Waals surface area contributed by atoms with Gasteiger partial charge in [-0.1, -0.05) is 49.2 Å². The number of amides is 2. The van der Waals surface area contributed by atoms with Gasteiger partial charge in [-0.05, 0) is 24.1 Å². The van der Waals surface area contributed by atoms with Gasteiger partial charge in [0.25, 0.3) is 0 Å². The van der Waals surface area contributed by atoms with E-state index in [1.165, 1.54) is 16.8 Å². The van der Waals surface area contributed by atoms with Crippen LogP contribution in [0.5, 0.6) is 0 Å². The Kier molecular flexibility index (Phi) is 9.82. The molecule has 1 heterocycles. The van der Waals surface area contributed by atoms with Crippen molar-refractivity contribution < 1.29 is 19.5 Å². The first-order valence-electron chi connectivity index (χ1n) is 9.61. The summed E-state index contributed by atoms with van der Waals surface area (Å²) in [7, 11) is 0. The van der Waals surface area contributed by atoms with Crippen molar-refractivity contribution in [2.45, 2.75) is 31.6 Å². The van der Waals surface area contributed by atoms with Crippen molar-refractivity contribution in [2.75, 3.05) is 18.4 Å². The summed E-state index contributed by atoms with van der Waals surface area (Å²) in [5.41, 5.74) is 1.65. The van der Waals surface area contributed by atoms with Crippen molar-refractivity contribution in [3.8, 4) is 0 Å². The number of anilines is 1. The zero-order chi connectivity index (χ0) is 21.8. The molecule has 0 aliphatic carbocycles. The molecule has 30 heavy (non-hydrogen) atoms. The molecule has 0 aliphatic rings. The van der Waals surface area contributed by atoms with Crippen LogP contribution in [0.25, 0.3) is 0 Å². The number of pyridine rings is 1. The average molecular weight is 431 g/mol. The molecule has 0 radical (unpaired) electrons. The Morgan fingerprint density at radius 1 is 1.13 bits per heavy atom. The van der Waals surface area contributed by atoms with E-state index in [0.29, 0.717) is 24.4 Å². The second-order valence-electron chi connectivity index (χ2n) is 6.59. The van der Waals surface area contributed by atoms with Crippen LogP contribution in [0.1, 0.15) is 25.3 Å². The zero-order valence-electron chi connectivity index (χ0n) is 16.8. The highest BCUT2D eigenvalue weighted by molar-refractivity contribution is 7.96. The van der Waals surface area contributed by atoms with Crippen LogP contribution in [-0.2, 0) is 20.1 Å². The molecule has 1 aromatic heterocycles. The molecule has 1 aromatic carbocycles. The lowest BCUT2D eigenvalue weighted by molar-refractivity contribution is -0.145. The van der Waals surface area contributed by atoms with Crippen LogP contribution in [0.4, 0.5) is 5.69 Å². The molecule has 0 aliphatic heterocycles. The summed E-state index contributed by atoms with van der Waals surface area (Å²) in [6.07, 6.45) is 3.61. The summed E-state index contributed by atoms with van der Waals surface area (Å²) >= 11 is 1.31. The number of rotatable bonds is 12. The van der Waals surface area contributed by atoms with E-state index in [-0.39, 0.29) is 12.3 Å². The lowest BCUT2D eigenvalue weighted by Gasteiger charge is -2.26. The third-order valence-electron chi connectivity index (χ3n) is 4.09. The molecule has 1 unspecified atom stereocenters. The van der Waals surface area contributed by atoms with Crippen LogP contribution in [0.2, 0.25) is 0 Å². The smallest absolute Gasteiger partial charge is 0.323 e. The number of aromatic nitrogens is 1. The monoisotopic (exact) mass is 430 g/mol. The molecule has 1 atom stereocenters. The quantitative estimate of drug-likeness (QED) is 0.444. The van der Waals surface area contributed by atoms with Crippen LogP contribution < -0.4 is 10.0 Å². The number of hydrogen-bond acceptors (Lipinski definition) is 6. The Hall–Kier alpha value is -2.91. The molecule has 2 amide bonds. The summed E-state index contributed by atoms with van der Waals surface area (Å²) in [4.78, 5) is 41.8. The fraction of sp³-hybridized carbons (Fsp3) is 0.333. The molecule has 3 N–H and O–H groups in total. The molecule has 2 rings (SSSR count). The highest BCUT2D eigenvalue weighted by atomic mass is 32.2. The second kappa shape index (κ2) is 12.6. The predicted octanol–water partition coefficient (Wildman–Crippen LogP) is 2.54. The average Bonchev–Trinajstić information content (AvgIpc) is 2.73. The zero-order valence-corrected chi connectivity index (χ0v) is 17.6. The Labute approximate surface area is 180 Å². The van der Waals surface area contributed by atoms with Crippen LogP contribution in [-0.4, -0.2) is 51.9 Å². The van der Waals surface area contributed by atoms with Gasteiger partial charge in [0.2, 0.25) is 11.8 Å². The molecule has 0 spiro atoms. The van der Waals surface area contributed by atoms with Crippen LogP contribution in [0.15, 0.2) is 54.9 Å². The molecular formula is C21H26N4O4S. The van der Waals surface area contributed by atoms with Gasteiger partial charge in [-0.15, -0.1) is 0 Å². The van der Waals surface area contributed by atoms with E-state index in [9.17, 15) is 14.4 Å². The highest BCUT2D eigenvalue weighted by Crippen LogP contribution is 2.13. The lowest BCUT2D eigenvalue weighted by Crippen LogP contribution is -2.48. The number of nitrogens with zero attached hydrogens (tertiary/aromatic N) is 2.